The summed E-state index contributed by atoms with van der Waals surface area (Å²) in [7, 11) is 0. The molecule has 3 N–H and O–H groups in total. The lowest BCUT2D eigenvalue weighted by molar-refractivity contribution is -0.0462. The highest BCUT2D eigenvalue weighted by Gasteiger charge is 2.35. The molecule has 1 fully saturated rings. The van der Waals surface area contributed by atoms with E-state index in [0.717, 1.165) is 10.8 Å². The SMILES string of the molecule is O=c1[nH]c(=O)n([C@@H]2C[C@H](O)[C@@H](CO)O2)cc1F. The van der Waals surface area contributed by atoms with Crippen LogP contribution >= 0.6 is 0 Å². The molecule has 0 unspecified atom stereocenters. The fourth-order valence-corrected chi connectivity index (χ4v) is 1.72. The molecule has 1 aliphatic rings. The molecule has 2 heterocycles. The second-order valence-electron chi connectivity index (χ2n) is 3.76. The van der Waals surface area contributed by atoms with Crippen molar-refractivity contribution in [2.24, 2.45) is 0 Å². The fraction of sp³-hybridized carbons (Fsp3) is 0.556. The molecule has 0 aliphatic carbocycles. The highest BCUT2D eigenvalue weighted by molar-refractivity contribution is 4.90. The highest BCUT2D eigenvalue weighted by Crippen LogP contribution is 2.26. The Morgan fingerprint density at radius 3 is 2.88 bits per heavy atom. The van der Waals surface area contributed by atoms with Gasteiger partial charge < -0.3 is 14.9 Å². The summed E-state index contributed by atoms with van der Waals surface area (Å²) in [5.74, 6) is -1.12. The smallest absolute Gasteiger partial charge is 0.330 e. The third kappa shape index (κ3) is 2.14. The maximum absolute atomic E-state index is 13.0. The van der Waals surface area contributed by atoms with E-state index in [4.69, 9.17) is 9.84 Å². The van der Waals surface area contributed by atoms with Crippen molar-refractivity contribution in [2.75, 3.05) is 6.61 Å². The zero-order valence-electron chi connectivity index (χ0n) is 8.67. The molecule has 0 radical (unpaired) electrons. The summed E-state index contributed by atoms with van der Waals surface area (Å²) in [6.45, 7) is -0.405. The number of aromatic amines is 1. The first-order chi connectivity index (χ1) is 8.02. The van der Waals surface area contributed by atoms with Crippen LogP contribution in [-0.2, 0) is 4.74 Å². The van der Waals surface area contributed by atoms with Crippen molar-refractivity contribution in [2.45, 2.75) is 24.9 Å². The van der Waals surface area contributed by atoms with Gasteiger partial charge in [-0.05, 0) is 0 Å². The molecule has 0 bridgehead atoms. The number of hydrogen-bond acceptors (Lipinski definition) is 5. The Morgan fingerprint density at radius 1 is 1.59 bits per heavy atom. The average Bonchev–Trinajstić information content (AvgIpc) is 2.65. The predicted octanol–water partition coefficient (Wildman–Crippen LogP) is -1.68. The van der Waals surface area contributed by atoms with Crippen molar-refractivity contribution >= 4 is 0 Å². The standard InChI is InChI=1S/C9H11FN2O5/c10-4-2-12(9(16)11-8(4)15)7-1-5(14)6(3-13)17-7/h2,5-7,13-14H,1,3H2,(H,11,15,16)/t5-,6+,7-/m0/s1. The Hall–Kier alpha value is -1.51. The average molecular weight is 246 g/mol. The first-order valence-electron chi connectivity index (χ1n) is 4.98. The van der Waals surface area contributed by atoms with Crippen molar-refractivity contribution in [3.63, 3.8) is 0 Å². The maximum Gasteiger partial charge on any atom is 0.330 e. The molecular weight excluding hydrogens is 235 g/mol. The summed E-state index contributed by atoms with van der Waals surface area (Å²) >= 11 is 0. The molecule has 8 heteroatoms. The van der Waals surface area contributed by atoms with E-state index in [1.807, 2.05) is 0 Å². The largest absolute Gasteiger partial charge is 0.394 e. The topological polar surface area (TPSA) is 105 Å². The molecular formula is C9H11FN2O5. The third-order valence-electron chi connectivity index (χ3n) is 2.62. The number of nitrogens with one attached hydrogen (secondary N) is 1. The normalized spacial score (nSPS) is 28.5. The van der Waals surface area contributed by atoms with Crippen molar-refractivity contribution in [1.29, 1.82) is 0 Å². The summed E-state index contributed by atoms with van der Waals surface area (Å²) in [5.41, 5.74) is -1.93. The summed E-state index contributed by atoms with van der Waals surface area (Å²) < 4.78 is 19.0. The van der Waals surface area contributed by atoms with Crippen LogP contribution in [-0.4, -0.2) is 38.6 Å². The molecule has 1 aromatic heterocycles. The van der Waals surface area contributed by atoms with Gasteiger partial charge in [-0.25, -0.2) is 4.79 Å². The lowest BCUT2D eigenvalue weighted by atomic mass is 10.2. The number of ether oxygens (including phenoxy) is 1. The van der Waals surface area contributed by atoms with E-state index >= 15 is 0 Å². The molecule has 1 aliphatic heterocycles. The number of aliphatic hydroxyl groups excluding tert-OH is 2. The van der Waals surface area contributed by atoms with Gasteiger partial charge in [-0.3, -0.25) is 14.3 Å². The molecule has 0 aromatic carbocycles. The van der Waals surface area contributed by atoms with Gasteiger partial charge in [0.1, 0.15) is 12.3 Å². The van der Waals surface area contributed by atoms with Crippen LogP contribution in [0.15, 0.2) is 15.8 Å². The van der Waals surface area contributed by atoms with E-state index in [-0.39, 0.29) is 6.42 Å². The van der Waals surface area contributed by atoms with E-state index in [1.54, 1.807) is 4.98 Å². The van der Waals surface area contributed by atoms with E-state index in [1.165, 1.54) is 0 Å². The first kappa shape index (κ1) is 12.0. The molecule has 3 atom stereocenters. The predicted molar refractivity (Wildman–Crippen MR) is 52.9 cm³/mol. The van der Waals surface area contributed by atoms with Crippen LogP contribution in [0, 0.1) is 5.82 Å². The molecule has 0 spiro atoms. The molecule has 17 heavy (non-hydrogen) atoms. The van der Waals surface area contributed by atoms with Gasteiger partial charge in [0.25, 0.3) is 5.56 Å². The van der Waals surface area contributed by atoms with Crippen LogP contribution in [0.25, 0.3) is 0 Å². The van der Waals surface area contributed by atoms with E-state index < -0.39 is 42.1 Å². The zero-order valence-corrected chi connectivity index (χ0v) is 8.67. The molecule has 1 aromatic rings. The van der Waals surface area contributed by atoms with Gasteiger partial charge in [0.15, 0.2) is 0 Å². The summed E-state index contributed by atoms with van der Waals surface area (Å²) in [6, 6.07) is 0. The minimum atomic E-state index is -1.12. The van der Waals surface area contributed by atoms with Gasteiger partial charge >= 0.3 is 5.69 Å². The van der Waals surface area contributed by atoms with Crippen molar-refractivity contribution in [1.82, 2.24) is 9.55 Å². The molecule has 7 nitrogen and oxygen atoms in total. The first-order valence-corrected chi connectivity index (χ1v) is 4.98. The lowest BCUT2D eigenvalue weighted by Gasteiger charge is -2.13. The number of aliphatic hydroxyl groups is 2. The molecule has 2 rings (SSSR count). The molecule has 0 amide bonds. The fourth-order valence-electron chi connectivity index (χ4n) is 1.72. The van der Waals surface area contributed by atoms with Gasteiger partial charge in [0.2, 0.25) is 5.82 Å². The van der Waals surface area contributed by atoms with Crippen molar-refractivity contribution in [3.8, 4) is 0 Å². The van der Waals surface area contributed by atoms with Crippen LogP contribution in [0.4, 0.5) is 4.39 Å². The summed E-state index contributed by atoms with van der Waals surface area (Å²) in [4.78, 5) is 24.0. The van der Waals surface area contributed by atoms with E-state index in [9.17, 15) is 19.1 Å². The quantitative estimate of drug-likeness (QED) is 0.578. The minimum Gasteiger partial charge on any atom is -0.394 e. The van der Waals surface area contributed by atoms with Crippen molar-refractivity contribution in [3.05, 3.63) is 32.9 Å². The van der Waals surface area contributed by atoms with Crippen molar-refractivity contribution < 1.29 is 19.3 Å². The third-order valence-corrected chi connectivity index (χ3v) is 2.62. The van der Waals surface area contributed by atoms with Crippen LogP contribution in [0.3, 0.4) is 0 Å². The van der Waals surface area contributed by atoms with Gasteiger partial charge in [-0.15, -0.1) is 0 Å². The maximum atomic E-state index is 13.0. The van der Waals surface area contributed by atoms with Gasteiger partial charge in [-0.1, -0.05) is 0 Å². The monoisotopic (exact) mass is 246 g/mol. The van der Waals surface area contributed by atoms with Crippen LogP contribution in [0.1, 0.15) is 12.6 Å². The van der Waals surface area contributed by atoms with E-state index in [2.05, 4.69) is 0 Å². The Labute approximate surface area is 94.1 Å². The zero-order chi connectivity index (χ0) is 12.6. The number of nitrogens with zero attached hydrogens (tertiary/aromatic N) is 1. The number of hydrogen-bond donors (Lipinski definition) is 3. The Bertz CT molecular complexity index is 525. The number of H-pyrrole nitrogens is 1. The number of halogens is 1. The Morgan fingerprint density at radius 2 is 2.29 bits per heavy atom. The van der Waals surface area contributed by atoms with Gasteiger partial charge in [0, 0.05) is 6.42 Å². The number of rotatable bonds is 2. The van der Waals surface area contributed by atoms with Crippen LogP contribution < -0.4 is 11.2 Å². The summed E-state index contributed by atoms with van der Waals surface area (Å²) in [5, 5.41) is 18.3. The molecule has 94 valence electrons. The van der Waals surface area contributed by atoms with Crippen LogP contribution in [0.2, 0.25) is 0 Å². The number of aromatic nitrogens is 2. The second kappa shape index (κ2) is 4.40. The summed E-state index contributed by atoms with van der Waals surface area (Å²) in [6.07, 6.45) is -1.90. The lowest BCUT2D eigenvalue weighted by Crippen LogP contribution is -2.34. The second-order valence-corrected chi connectivity index (χ2v) is 3.76. The van der Waals surface area contributed by atoms with E-state index in [0.29, 0.717) is 0 Å². The molecule has 1 saturated heterocycles. The van der Waals surface area contributed by atoms with Gasteiger partial charge in [-0.2, -0.15) is 4.39 Å². The van der Waals surface area contributed by atoms with Gasteiger partial charge in [0.05, 0.1) is 18.9 Å². The highest BCUT2D eigenvalue weighted by atomic mass is 19.1. The Kier molecular flexibility index (Phi) is 3.09. The Balaban J connectivity index is 2.34. The minimum absolute atomic E-state index is 0.0383. The van der Waals surface area contributed by atoms with Crippen LogP contribution in [0.5, 0.6) is 0 Å². The molecule has 0 saturated carbocycles.